The summed E-state index contributed by atoms with van der Waals surface area (Å²) in [5.41, 5.74) is 3.13. The van der Waals surface area contributed by atoms with E-state index in [-0.39, 0.29) is 0 Å². The van der Waals surface area contributed by atoms with Crippen LogP contribution in [0.4, 0.5) is 0 Å². The molecular weight excluding hydrogens is 242 g/mol. The van der Waals surface area contributed by atoms with Gasteiger partial charge in [0.1, 0.15) is 0 Å². The maximum atomic E-state index is 9.03. The number of hydrogen-bond donors (Lipinski definition) is 1. The van der Waals surface area contributed by atoms with Gasteiger partial charge >= 0.3 is 0 Å². The number of nitrogens with zero attached hydrogens (tertiary/aromatic N) is 1. The summed E-state index contributed by atoms with van der Waals surface area (Å²) in [7, 11) is 0. The normalized spacial score (nSPS) is 15.7. The van der Waals surface area contributed by atoms with E-state index in [1.807, 2.05) is 24.8 Å². The molecule has 0 aromatic heterocycles. The van der Waals surface area contributed by atoms with Gasteiger partial charge < -0.3 is 5.21 Å². The minimum absolute atomic E-state index is 0.685. The van der Waals surface area contributed by atoms with Crippen molar-refractivity contribution >= 4 is 28.2 Å². The minimum Gasteiger partial charge on any atom is -0.411 e. The molecule has 1 aliphatic heterocycles. The summed E-state index contributed by atoms with van der Waals surface area (Å²) in [6.45, 7) is 1.85. The lowest BCUT2D eigenvalue weighted by molar-refractivity contribution is 0.319. The van der Waals surface area contributed by atoms with Gasteiger partial charge in [0.2, 0.25) is 0 Å². The smallest absolute Gasteiger partial charge is 0.0843 e. The highest BCUT2D eigenvalue weighted by atomic mass is 32.2. The van der Waals surface area contributed by atoms with Gasteiger partial charge in [0.25, 0.3) is 0 Å². The second-order valence-corrected chi connectivity index (χ2v) is 5.70. The standard InChI is InChI=1S/C15H15NOS/c1-10(16-17)14-9-11-5-4-8-18-15(11)13-7-3-2-6-12(13)14/h2-3,6-7,9,17H,4-5,8H2,1H3. The van der Waals surface area contributed by atoms with Crippen LogP contribution in [0.1, 0.15) is 24.5 Å². The molecule has 0 radical (unpaired) electrons. The zero-order valence-electron chi connectivity index (χ0n) is 10.3. The lowest BCUT2D eigenvalue weighted by Crippen LogP contribution is -2.04. The molecule has 0 spiro atoms. The Morgan fingerprint density at radius 1 is 1.28 bits per heavy atom. The molecule has 18 heavy (non-hydrogen) atoms. The van der Waals surface area contributed by atoms with E-state index in [4.69, 9.17) is 5.21 Å². The van der Waals surface area contributed by atoms with Crippen molar-refractivity contribution < 1.29 is 5.21 Å². The topological polar surface area (TPSA) is 32.6 Å². The first kappa shape index (κ1) is 11.6. The number of fused-ring (bicyclic) bond motifs is 3. The third-order valence-corrected chi connectivity index (χ3v) is 4.71. The van der Waals surface area contributed by atoms with E-state index in [0.29, 0.717) is 5.71 Å². The Balaban J connectivity index is 2.37. The minimum atomic E-state index is 0.685. The van der Waals surface area contributed by atoms with Crippen molar-refractivity contribution in [2.75, 3.05) is 5.75 Å². The van der Waals surface area contributed by atoms with Gasteiger partial charge in [0.15, 0.2) is 0 Å². The van der Waals surface area contributed by atoms with Crippen LogP contribution in [0, 0.1) is 0 Å². The van der Waals surface area contributed by atoms with Crippen LogP contribution in [0.3, 0.4) is 0 Å². The van der Waals surface area contributed by atoms with E-state index in [1.165, 1.54) is 33.4 Å². The van der Waals surface area contributed by atoms with Crippen molar-refractivity contribution in [2.45, 2.75) is 24.7 Å². The fourth-order valence-electron chi connectivity index (χ4n) is 2.55. The zero-order chi connectivity index (χ0) is 12.5. The first-order valence-corrected chi connectivity index (χ1v) is 7.16. The van der Waals surface area contributed by atoms with Gasteiger partial charge in [-0.3, -0.25) is 0 Å². The van der Waals surface area contributed by atoms with Crippen molar-refractivity contribution in [3.63, 3.8) is 0 Å². The molecule has 3 rings (SSSR count). The number of aryl methyl sites for hydroxylation is 1. The summed E-state index contributed by atoms with van der Waals surface area (Å²) < 4.78 is 0. The van der Waals surface area contributed by atoms with Gasteiger partial charge in [-0.2, -0.15) is 0 Å². The third kappa shape index (κ3) is 1.79. The fraction of sp³-hybridized carbons (Fsp3) is 0.267. The molecule has 0 fully saturated rings. The summed E-state index contributed by atoms with van der Waals surface area (Å²) >= 11 is 1.94. The molecule has 1 heterocycles. The van der Waals surface area contributed by atoms with Crippen molar-refractivity contribution in [1.29, 1.82) is 0 Å². The van der Waals surface area contributed by atoms with Gasteiger partial charge in [-0.25, -0.2) is 0 Å². The summed E-state index contributed by atoms with van der Waals surface area (Å²) in [5.74, 6) is 1.20. The lowest BCUT2D eigenvalue weighted by atomic mass is 9.96. The molecule has 0 atom stereocenters. The molecule has 0 bridgehead atoms. The first-order valence-electron chi connectivity index (χ1n) is 6.17. The Morgan fingerprint density at radius 2 is 2.06 bits per heavy atom. The van der Waals surface area contributed by atoms with Gasteiger partial charge in [0, 0.05) is 10.5 Å². The molecule has 0 unspecified atom stereocenters. The molecule has 3 heteroatoms. The predicted octanol–water partition coefficient (Wildman–Crippen LogP) is 4.08. The van der Waals surface area contributed by atoms with E-state index >= 15 is 0 Å². The van der Waals surface area contributed by atoms with Gasteiger partial charge in [0.05, 0.1) is 5.71 Å². The SMILES string of the molecule is CC(=NO)c1cc2c(c3ccccc13)SCCC2. The summed E-state index contributed by atoms with van der Waals surface area (Å²) in [6, 6.07) is 10.6. The Labute approximate surface area is 111 Å². The first-order chi connectivity index (χ1) is 8.81. The molecule has 92 valence electrons. The molecule has 0 saturated heterocycles. The highest BCUT2D eigenvalue weighted by Gasteiger charge is 2.16. The van der Waals surface area contributed by atoms with E-state index < -0.39 is 0 Å². The van der Waals surface area contributed by atoms with Crippen molar-refractivity contribution in [3.05, 3.63) is 41.5 Å². The van der Waals surface area contributed by atoms with Crippen LogP contribution in [0.5, 0.6) is 0 Å². The molecule has 2 nitrogen and oxygen atoms in total. The Hall–Kier alpha value is -1.48. The van der Waals surface area contributed by atoms with Crippen LogP contribution in [0.25, 0.3) is 10.8 Å². The van der Waals surface area contributed by atoms with Gasteiger partial charge in [-0.05, 0) is 47.9 Å². The van der Waals surface area contributed by atoms with E-state index in [0.717, 1.165) is 12.0 Å². The van der Waals surface area contributed by atoms with Crippen LogP contribution >= 0.6 is 11.8 Å². The monoisotopic (exact) mass is 257 g/mol. The molecule has 1 N–H and O–H groups in total. The van der Waals surface area contributed by atoms with Crippen LogP contribution in [0.15, 0.2) is 40.4 Å². The van der Waals surface area contributed by atoms with Gasteiger partial charge in [-0.1, -0.05) is 29.4 Å². The highest BCUT2D eigenvalue weighted by Crippen LogP contribution is 2.38. The molecule has 2 aromatic rings. The summed E-state index contributed by atoms with van der Waals surface area (Å²) in [6.07, 6.45) is 2.35. The molecule has 2 aromatic carbocycles. The number of benzene rings is 2. The second kappa shape index (κ2) is 4.65. The molecular formula is C15H15NOS. The number of rotatable bonds is 1. The maximum absolute atomic E-state index is 9.03. The molecule has 1 aliphatic rings. The number of oxime groups is 1. The number of hydrogen-bond acceptors (Lipinski definition) is 3. The predicted molar refractivity (Wildman–Crippen MR) is 77.0 cm³/mol. The largest absolute Gasteiger partial charge is 0.411 e. The van der Waals surface area contributed by atoms with Crippen LogP contribution in [0.2, 0.25) is 0 Å². The van der Waals surface area contributed by atoms with Gasteiger partial charge in [-0.15, -0.1) is 11.8 Å². The quantitative estimate of drug-likeness (QED) is 0.474. The summed E-state index contributed by atoms with van der Waals surface area (Å²) in [4.78, 5) is 1.41. The van der Waals surface area contributed by atoms with Crippen molar-refractivity contribution in [1.82, 2.24) is 0 Å². The second-order valence-electron chi connectivity index (χ2n) is 4.60. The Kier molecular flexibility index (Phi) is 3.00. The van der Waals surface area contributed by atoms with E-state index in [2.05, 4.69) is 29.4 Å². The van der Waals surface area contributed by atoms with Crippen molar-refractivity contribution in [2.24, 2.45) is 5.16 Å². The third-order valence-electron chi connectivity index (χ3n) is 3.45. The average Bonchev–Trinajstić information content (AvgIpc) is 2.45. The molecule has 0 aliphatic carbocycles. The van der Waals surface area contributed by atoms with Crippen LogP contribution in [-0.2, 0) is 6.42 Å². The van der Waals surface area contributed by atoms with Crippen LogP contribution < -0.4 is 0 Å². The zero-order valence-corrected chi connectivity index (χ0v) is 11.1. The summed E-state index contributed by atoms with van der Waals surface area (Å²) in [5, 5.41) is 14.9. The highest BCUT2D eigenvalue weighted by molar-refractivity contribution is 7.99. The maximum Gasteiger partial charge on any atom is 0.0843 e. The Morgan fingerprint density at radius 3 is 2.83 bits per heavy atom. The fourth-order valence-corrected chi connectivity index (χ4v) is 3.73. The average molecular weight is 257 g/mol. The molecule has 0 saturated carbocycles. The Bertz CT molecular complexity index is 634. The number of thioether (sulfide) groups is 1. The van der Waals surface area contributed by atoms with Crippen molar-refractivity contribution in [3.8, 4) is 0 Å². The molecule has 0 amide bonds. The van der Waals surface area contributed by atoms with E-state index in [1.54, 1.807) is 0 Å². The van der Waals surface area contributed by atoms with Crippen LogP contribution in [-0.4, -0.2) is 16.7 Å². The lowest BCUT2D eigenvalue weighted by Gasteiger charge is -2.19. The van der Waals surface area contributed by atoms with E-state index in [9.17, 15) is 0 Å².